The largest absolute Gasteiger partial charge is 0.491 e. The molecule has 1 amide bonds. The van der Waals surface area contributed by atoms with Crippen molar-refractivity contribution in [2.24, 2.45) is 11.8 Å². The van der Waals surface area contributed by atoms with Gasteiger partial charge in [0.05, 0.1) is 12.7 Å². The summed E-state index contributed by atoms with van der Waals surface area (Å²) in [7, 11) is 0. The molecule has 0 spiro atoms. The molecule has 0 saturated carbocycles. The minimum absolute atomic E-state index is 0.184. The summed E-state index contributed by atoms with van der Waals surface area (Å²) in [4.78, 5) is 16.6. The third kappa shape index (κ3) is 6.89. The number of nitrogens with zero attached hydrogens (tertiary/aromatic N) is 2. The second-order valence-corrected chi connectivity index (χ2v) is 11.0. The number of amides is 1. The van der Waals surface area contributed by atoms with Crippen LogP contribution in [0.3, 0.4) is 0 Å². The molecule has 2 fully saturated rings. The Bertz CT molecular complexity index is 961. The van der Waals surface area contributed by atoms with E-state index in [1.165, 1.54) is 22.9 Å². The lowest BCUT2D eigenvalue weighted by Gasteiger charge is -2.35. The van der Waals surface area contributed by atoms with Gasteiger partial charge in [-0.3, -0.25) is 4.90 Å². The lowest BCUT2D eigenvalue weighted by Crippen LogP contribution is -2.44. The van der Waals surface area contributed by atoms with Gasteiger partial charge in [0, 0.05) is 27.6 Å². The Balaban J connectivity index is 1.23. The summed E-state index contributed by atoms with van der Waals surface area (Å²) in [5.41, 5.74) is 2.18. The number of anilines is 1. The summed E-state index contributed by atoms with van der Waals surface area (Å²) in [5.74, 6) is 1.98. The van der Waals surface area contributed by atoms with E-state index in [9.17, 15) is 4.79 Å². The molecule has 0 radical (unpaired) electrons. The average molecular weight is 550 g/mol. The van der Waals surface area contributed by atoms with Gasteiger partial charge in [-0.15, -0.1) is 0 Å². The van der Waals surface area contributed by atoms with Gasteiger partial charge < -0.3 is 14.4 Å². The SMILES string of the molecule is CC(C)Oc1ccc(Br)c(CC2CCN(CCC3COC(=O)N(c4ccc(Cl)cc4)C3)CC2)c1. The Morgan fingerprint density at radius 2 is 1.85 bits per heavy atom. The van der Waals surface area contributed by atoms with Crippen LogP contribution in [0, 0.1) is 11.8 Å². The minimum Gasteiger partial charge on any atom is -0.491 e. The van der Waals surface area contributed by atoms with Crippen LogP contribution in [0.5, 0.6) is 5.75 Å². The molecule has 2 aliphatic rings. The number of cyclic esters (lactones) is 1. The van der Waals surface area contributed by atoms with Crippen molar-refractivity contribution in [3.05, 3.63) is 57.5 Å². The molecule has 2 heterocycles. The number of hydrogen-bond acceptors (Lipinski definition) is 4. The van der Waals surface area contributed by atoms with Gasteiger partial charge in [-0.2, -0.15) is 0 Å². The van der Waals surface area contributed by atoms with Gasteiger partial charge in [-0.1, -0.05) is 27.5 Å². The summed E-state index contributed by atoms with van der Waals surface area (Å²) in [6.07, 6.45) is 4.44. The van der Waals surface area contributed by atoms with Crippen molar-refractivity contribution in [1.82, 2.24) is 4.90 Å². The Kier molecular flexibility index (Phi) is 8.78. The summed E-state index contributed by atoms with van der Waals surface area (Å²) < 4.78 is 12.5. The van der Waals surface area contributed by atoms with E-state index in [1.54, 1.807) is 4.90 Å². The smallest absolute Gasteiger partial charge is 0.414 e. The summed E-state index contributed by atoms with van der Waals surface area (Å²) in [6, 6.07) is 13.7. The molecule has 2 aromatic rings. The van der Waals surface area contributed by atoms with Crippen LogP contribution in [0.4, 0.5) is 10.5 Å². The number of halogens is 2. The second kappa shape index (κ2) is 11.8. The van der Waals surface area contributed by atoms with Crippen molar-refractivity contribution in [2.45, 2.75) is 45.6 Å². The predicted molar refractivity (Wildman–Crippen MR) is 141 cm³/mol. The van der Waals surface area contributed by atoms with Crippen molar-refractivity contribution >= 4 is 39.3 Å². The van der Waals surface area contributed by atoms with Crippen LogP contribution in [0.2, 0.25) is 5.02 Å². The lowest BCUT2D eigenvalue weighted by molar-refractivity contribution is 0.103. The topological polar surface area (TPSA) is 42.0 Å². The molecular weight excluding hydrogens is 516 g/mol. The highest BCUT2D eigenvalue weighted by Crippen LogP contribution is 2.30. The van der Waals surface area contributed by atoms with E-state index in [1.807, 2.05) is 30.3 Å². The highest BCUT2D eigenvalue weighted by Gasteiger charge is 2.29. The monoisotopic (exact) mass is 548 g/mol. The van der Waals surface area contributed by atoms with E-state index in [-0.39, 0.29) is 12.2 Å². The molecule has 0 bridgehead atoms. The van der Waals surface area contributed by atoms with Crippen LogP contribution in [0.15, 0.2) is 46.9 Å². The molecule has 2 saturated heterocycles. The molecule has 7 heteroatoms. The lowest BCUT2D eigenvalue weighted by atomic mass is 9.90. The van der Waals surface area contributed by atoms with Gasteiger partial charge in [0.1, 0.15) is 5.75 Å². The number of benzene rings is 2. The zero-order valence-corrected chi connectivity index (χ0v) is 22.4. The second-order valence-electron chi connectivity index (χ2n) is 9.73. The molecule has 0 N–H and O–H groups in total. The third-order valence-electron chi connectivity index (χ3n) is 6.70. The van der Waals surface area contributed by atoms with E-state index >= 15 is 0 Å². The van der Waals surface area contributed by atoms with Crippen LogP contribution in [-0.4, -0.2) is 49.9 Å². The van der Waals surface area contributed by atoms with Gasteiger partial charge in [0.25, 0.3) is 0 Å². The molecule has 5 nitrogen and oxygen atoms in total. The number of rotatable bonds is 8. The van der Waals surface area contributed by atoms with Crippen molar-refractivity contribution in [1.29, 1.82) is 0 Å². The molecule has 1 unspecified atom stereocenters. The van der Waals surface area contributed by atoms with E-state index < -0.39 is 0 Å². The minimum atomic E-state index is -0.270. The number of hydrogen-bond donors (Lipinski definition) is 0. The van der Waals surface area contributed by atoms with Crippen LogP contribution in [-0.2, 0) is 11.2 Å². The van der Waals surface area contributed by atoms with Gasteiger partial charge in [0.2, 0.25) is 0 Å². The third-order valence-corrected chi connectivity index (χ3v) is 7.73. The maximum absolute atomic E-state index is 12.3. The standard InChI is InChI=1S/C27H34BrClN2O3/c1-19(2)34-25-7-8-26(28)22(16-25)15-20-9-12-30(13-10-20)14-11-21-17-31(27(32)33-18-21)24-5-3-23(29)4-6-24/h3-8,16,19-21H,9-15,17-18H2,1-2H3. The summed E-state index contributed by atoms with van der Waals surface area (Å²) >= 11 is 9.71. The Hall–Kier alpha value is -1.76. The number of carbonyl (C=O) groups excluding carboxylic acids is 1. The first-order chi connectivity index (χ1) is 16.4. The van der Waals surface area contributed by atoms with Crippen molar-refractivity contribution in [3.8, 4) is 5.75 Å². The molecule has 0 aliphatic carbocycles. The maximum atomic E-state index is 12.3. The van der Waals surface area contributed by atoms with E-state index in [0.717, 1.165) is 43.9 Å². The molecule has 1 atom stereocenters. The van der Waals surface area contributed by atoms with Crippen LogP contribution >= 0.6 is 27.5 Å². The van der Waals surface area contributed by atoms with E-state index in [2.05, 4.69) is 46.8 Å². The van der Waals surface area contributed by atoms with Crippen LogP contribution in [0.25, 0.3) is 0 Å². The van der Waals surface area contributed by atoms with Gasteiger partial charge >= 0.3 is 6.09 Å². The van der Waals surface area contributed by atoms with E-state index in [0.29, 0.717) is 30.0 Å². The molecule has 0 aromatic heterocycles. The number of likely N-dealkylation sites (tertiary alicyclic amines) is 1. The maximum Gasteiger partial charge on any atom is 0.414 e. The molecule has 2 aliphatic heterocycles. The quantitative estimate of drug-likeness (QED) is 0.363. The number of ether oxygens (including phenoxy) is 2. The highest BCUT2D eigenvalue weighted by molar-refractivity contribution is 9.10. The molecular formula is C27H34BrClN2O3. The van der Waals surface area contributed by atoms with Crippen LogP contribution in [0.1, 0.15) is 38.7 Å². The molecule has 34 heavy (non-hydrogen) atoms. The molecule has 4 rings (SSSR count). The Morgan fingerprint density at radius 3 is 2.56 bits per heavy atom. The summed E-state index contributed by atoms with van der Waals surface area (Å²) in [6.45, 7) is 8.61. The molecule has 2 aromatic carbocycles. The molecule has 184 valence electrons. The average Bonchev–Trinajstić information content (AvgIpc) is 2.82. The fourth-order valence-electron chi connectivity index (χ4n) is 4.80. The predicted octanol–water partition coefficient (Wildman–Crippen LogP) is 6.81. The van der Waals surface area contributed by atoms with Gasteiger partial charge in [-0.05, 0) is 113 Å². The van der Waals surface area contributed by atoms with Crippen molar-refractivity contribution in [3.63, 3.8) is 0 Å². The Morgan fingerprint density at radius 1 is 1.12 bits per heavy atom. The fourth-order valence-corrected chi connectivity index (χ4v) is 5.34. The highest BCUT2D eigenvalue weighted by atomic mass is 79.9. The summed E-state index contributed by atoms with van der Waals surface area (Å²) in [5, 5.41) is 0.665. The van der Waals surface area contributed by atoms with Crippen molar-refractivity contribution in [2.75, 3.05) is 37.7 Å². The van der Waals surface area contributed by atoms with Crippen molar-refractivity contribution < 1.29 is 14.3 Å². The van der Waals surface area contributed by atoms with Gasteiger partial charge in [-0.25, -0.2) is 4.79 Å². The zero-order chi connectivity index (χ0) is 24.1. The number of piperidine rings is 1. The number of carbonyl (C=O) groups is 1. The van der Waals surface area contributed by atoms with Crippen LogP contribution < -0.4 is 9.64 Å². The first kappa shape index (κ1) is 25.3. The first-order valence-electron chi connectivity index (χ1n) is 12.2. The van der Waals surface area contributed by atoms with E-state index in [4.69, 9.17) is 21.1 Å². The zero-order valence-electron chi connectivity index (χ0n) is 20.0. The van der Waals surface area contributed by atoms with Gasteiger partial charge in [0.15, 0.2) is 0 Å². The fraction of sp³-hybridized carbons (Fsp3) is 0.519. The Labute approximate surface area is 216 Å². The first-order valence-corrected chi connectivity index (χ1v) is 13.4. The normalized spacial score (nSPS) is 20.0.